The molecule has 0 radical (unpaired) electrons. The third-order valence-electron chi connectivity index (χ3n) is 4.63. The Balaban J connectivity index is 2.10. The Hall–Kier alpha value is -1.75. The van der Waals surface area contributed by atoms with E-state index in [9.17, 15) is 4.79 Å². The SMILES string of the molecule is CCOC(=O)C(Cc1ccc(OC)c(OC)c1)CC1CCNCC1. The second-order valence-electron chi connectivity index (χ2n) is 6.27. The van der Waals surface area contributed by atoms with Crippen LogP contribution >= 0.6 is 0 Å². The molecule has 5 nitrogen and oxygen atoms in total. The fourth-order valence-electron chi connectivity index (χ4n) is 3.33. The summed E-state index contributed by atoms with van der Waals surface area (Å²) in [6.45, 7) is 4.36. The molecule has 5 heteroatoms. The molecule has 1 heterocycles. The Bertz CT molecular complexity index is 526. The first-order valence-electron chi connectivity index (χ1n) is 8.76. The van der Waals surface area contributed by atoms with Crippen LogP contribution in [0.1, 0.15) is 31.7 Å². The molecule has 1 atom stereocenters. The summed E-state index contributed by atoms with van der Waals surface area (Å²) in [5.74, 6) is 1.78. The zero-order valence-electron chi connectivity index (χ0n) is 15.0. The molecule has 1 unspecified atom stereocenters. The summed E-state index contributed by atoms with van der Waals surface area (Å²) in [4.78, 5) is 12.4. The van der Waals surface area contributed by atoms with E-state index < -0.39 is 0 Å². The van der Waals surface area contributed by atoms with Gasteiger partial charge in [-0.1, -0.05) is 6.07 Å². The molecule has 0 aromatic heterocycles. The maximum atomic E-state index is 12.4. The molecular formula is C19H29NO4. The average Bonchev–Trinajstić information content (AvgIpc) is 2.62. The van der Waals surface area contributed by atoms with Crippen molar-refractivity contribution in [3.8, 4) is 11.5 Å². The minimum atomic E-state index is -0.105. The zero-order chi connectivity index (χ0) is 17.4. The van der Waals surface area contributed by atoms with Gasteiger partial charge in [-0.3, -0.25) is 4.79 Å². The molecule has 24 heavy (non-hydrogen) atoms. The van der Waals surface area contributed by atoms with Crippen molar-refractivity contribution >= 4 is 5.97 Å². The number of carbonyl (C=O) groups excluding carboxylic acids is 1. The number of carbonyl (C=O) groups is 1. The summed E-state index contributed by atoms with van der Waals surface area (Å²) in [6.07, 6.45) is 3.81. The topological polar surface area (TPSA) is 56.8 Å². The Kier molecular flexibility index (Phi) is 7.37. The molecule has 2 rings (SSSR count). The van der Waals surface area contributed by atoms with Crippen molar-refractivity contribution in [1.29, 1.82) is 0 Å². The van der Waals surface area contributed by atoms with Crippen LogP contribution in [0.3, 0.4) is 0 Å². The minimum Gasteiger partial charge on any atom is -0.493 e. The van der Waals surface area contributed by atoms with Crippen molar-refractivity contribution in [3.63, 3.8) is 0 Å². The summed E-state index contributed by atoms with van der Waals surface area (Å²) >= 11 is 0. The largest absolute Gasteiger partial charge is 0.493 e. The van der Waals surface area contributed by atoms with Gasteiger partial charge in [0.25, 0.3) is 0 Å². The summed E-state index contributed by atoms with van der Waals surface area (Å²) in [7, 11) is 3.25. The second-order valence-corrected chi connectivity index (χ2v) is 6.27. The molecule has 1 N–H and O–H groups in total. The Labute approximate surface area is 144 Å². The van der Waals surface area contributed by atoms with Crippen LogP contribution in [0.2, 0.25) is 0 Å². The van der Waals surface area contributed by atoms with Crippen LogP contribution in [0.4, 0.5) is 0 Å². The molecule has 1 aliphatic heterocycles. The standard InChI is InChI=1S/C19H29NO4/c1-4-24-19(21)16(11-14-7-9-20-10-8-14)12-15-5-6-17(22-2)18(13-15)23-3/h5-6,13-14,16,20H,4,7-12H2,1-3H3. The monoisotopic (exact) mass is 335 g/mol. The van der Waals surface area contributed by atoms with E-state index >= 15 is 0 Å². The first-order valence-corrected chi connectivity index (χ1v) is 8.76. The van der Waals surface area contributed by atoms with Crippen LogP contribution in [-0.4, -0.2) is 39.9 Å². The van der Waals surface area contributed by atoms with E-state index in [4.69, 9.17) is 14.2 Å². The number of hydrogen-bond acceptors (Lipinski definition) is 5. The Morgan fingerprint density at radius 3 is 2.54 bits per heavy atom. The van der Waals surface area contributed by atoms with Gasteiger partial charge in [-0.15, -0.1) is 0 Å². The van der Waals surface area contributed by atoms with E-state index in [0.29, 0.717) is 30.4 Å². The van der Waals surface area contributed by atoms with E-state index in [1.165, 1.54) is 0 Å². The lowest BCUT2D eigenvalue weighted by Gasteiger charge is -2.26. The molecular weight excluding hydrogens is 306 g/mol. The number of rotatable bonds is 8. The number of benzene rings is 1. The van der Waals surface area contributed by atoms with Crippen LogP contribution in [0, 0.1) is 11.8 Å². The molecule has 1 aliphatic rings. The van der Waals surface area contributed by atoms with E-state index in [1.54, 1.807) is 14.2 Å². The number of ether oxygens (including phenoxy) is 3. The van der Waals surface area contributed by atoms with Crippen molar-refractivity contribution in [3.05, 3.63) is 23.8 Å². The van der Waals surface area contributed by atoms with Crippen LogP contribution in [-0.2, 0) is 16.0 Å². The molecule has 1 aromatic rings. The molecule has 0 aliphatic carbocycles. The minimum absolute atomic E-state index is 0.0918. The van der Waals surface area contributed by atoms with Gasteiger partial charge in [0.1, 0.15) is 0 Å². The highest BCUT2D eigenvalue weighted by molar-refractivity contribution is 5.73. The average molecular weight is 335 g/mol. The van der Waals surface area contributed by atoms with Gasteiger partial charge in [-0.05, 0) is 69.3 Å². The summed E-state index contributed by atoms with van der Waals surface area (Å²) < 4.78 is 16.0. The second kappa shape index (κ2) is 9.52. The molecule has 134 valence electrons. The zero-order valence-corrected chi connectivity index (χ0v) is 15.0. The molecule has 1 fully saturated rings. The summed E-state index contributed by atoms with van der Waals surface area (Å²) in [5, 5.41) is 3.37. The van der Waals surface area contributed by atoms with Crippen molar-refractivity contribution < 1.29 is 19.0 Å². The molecule has 0 saturated carbocycles. The van der Waals surface area contributed by atoms with Gasteiger partial charge in [0, 0.05) is 0 Å². The highest BCUT2D eigenvalue weighted by atomic mass is 16.5. The van der Waals surface area contributed by atoms with Gasteiger partial charge >= 0.3 is 5.97 Å². The van der Waals surface area contributed by atoms with Crippen molar-refractivity contribution in [2.75, 3.05) is 33.9 Å². The third kappa shape index (κ3) is 5.13. The third-order valence-corrected chi connectivity index (χ3v) is 4.63. The summed E-state index contributed by atoms with van der Waals surface area (Å²) in [6, 6.07) is 5.84. The van der Waals surface area contributed by atoms with Crippen molar-refractivity contribution in [2.24, 2.45) is 11.8 Å². The van der Waals surface area contributed by atoms with Crippen LogP contribution in [0.5, 0.6) is 11.5 Å². The van der Waals surface area contributed by atoms with Crippen molar-refractivity contribution in [1.82, 2.24) is 5.32 Å². The number of esters is 1. The van der Waals surface area contributed by atoms with Gasteiger partial charge in [-0.25, -0.2) is 0 Å². The fourth-order valence-corrected chi connectivity index (χ4v) is 3.33. The lowest BCUT2D eigenvalue weighted by Crippen LogP contribution is -2.31. The number of piperidine rings is 1. The van der Waals surface area contributed by atoms with E-state index in [1.807, 2.05) is 25.1 Å². The number of methoxy groups -OCH3 is 2. The molecule has 1 aromatic carbocycles. The van der Waals surface area contributed by atoms with Gasteiger partial charge in [0.2, 0.25) is 0 Å². The molecule has 1 saturated heterocycles. The van der Waals surface area contributed by atoms with Gasteiger partial charge in [0.15, 0.2) is 11.5 Å². The molecule has 0 spiro atoms. The van der Waals surface area contributed by atoms with Crippen LogP contribution in [0.15, 0.2) is 18.2 Å². The first-order chi connectivity index (χ1) is 11.7. The smallest absolute Gasteiger partial charge is 0.309 e. The van der Waals surface area contributed by atoms with Crippen molar-refractivity contribution in [2.45, 2.75) is 32.6 Å². The number of hydrogen-bond donors (Lipinski definition) is 1. The maximum Gasteiger partial charge on any atom is 0.309 e. The van der Waals surface area contributed by atoms with E-state index in [2.05, 4.69) is 5.32 Å². The van der Waals surface area contributed by atoms with Gasteiger partial charge < -0.3 is 19.5 Å². The Morgan fingerprint density at radius 1 is 1.21 bits per heavy atom. The van der Waals surface area contributed by atoms with Crippen LogP contribution in [0.25, 0.3) is 0 Å². The van der Waals surface area contributed by atoms with Crippen LogP contribution < -0.4 is 14.8 Å². The lowest BCUT2D eigenvalue weighted by molar-refractivity contribution is -0.148. The fraction of sp³-hybridized carbons (Fsp3) is 0.632. The highest BCUT2D eigenvalue weighted by Gasteiger charge is 2.26. The summed E-state index contributed by atoms with van der Waals surface area (Å²) in [5.41, 5.74) is 1.07. The highest BCUT2D eigenvalue weighted by Crippen LogP contribution is 2.30. The maximum absolute atomic E-state index is 12.4. The molecule has 0 bridgehead atoms. The van der Waals surface area contributed by atoms with E-state index in [0.717, 1.165) is 37.9 Å². The predicted molar refractivity (Wildman–Crippen MR) is 93.6 cm³/mol. The first kappa shape index (κ1) is 18.6. The lowest BCUT2D eigenvalue weighted by atomic mass is 9.84. The normalized spacial score (nSPS) is 16.5. The Morgan fingerprint density at radius 2 is 1.92 bits per heavy atom. The van der Waals surface area contributed by atoms with Gasteiger partial charge in [-0.2, -0.15) is 0 Å². The van der Waals surface area contributed by atoms with Gasteiger partial charge in [0.05, 0.1) is 26.7 Å². The predicted octanol–water partition coefficient (Wildman–Crippen LogP) is 2.82. The quantitative estimate of drug-likeness (QED) is 0.740. The number of nitrogens with one attached hydrogen (secondary N) is 1. The van der Waals surface area contributed by atoms with E-state index in [-0.39, 0.29) is 11.9 Å². The molecule has 0 amide bonds.